The van der Waals surface area contributed by atoms with Crippen LogP contribution in [-0.2, 0) is 0 Å². The van der Waals surface area contributed by atoms with Crippen LogP contribution in [0.15, 0.2) is 66.9 Å². The van der Waals surface area contributed by atoms with Crippen LogP contribution in [0.2, 0.25) is 0 Å². The number of benzene rings is 2. The monoisotopic (exact) mass is 441 g/mol. The van der Waals surface area contributed by atoms with Crippen LogP contribution in [0.1, 0.15) is 0 Å². The number of nitro benzene ring substituents is 2. The molecule has 0 amide bonds. The minimum atomic E-state index is -1.14. The van der Waals surface area contributed by atoms with E-state index in [1.165, 1.54) is 36.4 Å². The molecule has 0 saturated carbocycles. The van der Waals surface area contributed by atoms with Crippen LogP contribution in [0.4, 0.5) is 21.0 Å². The Kier molecular flexibility index (Phi) is 6.50. The topological polar surface area (TPSA) is 170 Å². The van der Waals surface area contributed by atoms with Gasteiger partial charge in [0.25, 0.3) is 11.4 Å². The normalized spacial score (nSPS) is 10.0. The Bertz CT molecular complexity index is 1050. The molecule has 0 aliphatic carbocycles. The number of nitrogens with zero attached hydrogens (tertiary/aromatic N) is 3. The third kappa shape index (κ3) is 5.96. The van der Waals surface area contributed by atoms with Crippen molar-refractivity contribution in [1.29, 1.82) is 0 Å². The van der Waals surface area contributed by atoms with Crippen molar-refractivity contribution in [2.24, 2.45) is 0 Å². The van der Waals surface area contributed by atoms with Crippen molar-refractivity contribution in [2.75, 3.05) is 0 Å². The third-order valence-electron chi connectivity index (χ3n) is 3.60. The van der Waals surface area contributed by atoms with Crippen molar-refractivity contribution in [1.82, 2.24) is 4.98 Å². The van der Waals surface area contributed by atoms with E-state index in [0.29, 0.717) is 0 Å². The second-order valence-electron chi connectivity index (χ2n) is 5.74. The Morgan fingerprint density at radius 3 is 1.44 bits per heavy atom. The summed E-state index contributed by atoms with van der Waals surface area (Å²) in [5.74, 6) is -0.155. The summed E-state index contributed by atoms with van der Waals surface area (Å²) in [6, 6.07) is 12.0. The zero-order valence-corrected chi connectivity index (χ0v) is 15.8. The summed E-state index contributed by atoms with van der Waals surface area (Å²) in [4.78, 5) is 47.3. The van der Waals surface area contributed by atoms with Crippen molar-refractivity contribution in [3.63, 3.8) is 0 Å². The maximum Gasteiger partial charge on any atom is 0.520 e. The highest BCUT2D eigenvalue weighted by atomic mass is 16.7. The van der Waals surface area contributed by atoms with Gasteiger partial charge in [0.1, 0.15) is 11.5 Å². The molecule has 1 aromatic heterocycles. The second kappa shape index (κ2) is 9.62. The van der Waals surface area contributed by atoms with Crippen LogP contribution in [0.3, 0.4) is 0 Å². The maximum absolute atomic E-state index is 11.8. The molecule has 162 valence electrons. The fourth-order valence-corrected chi connectivity index (χ4v) is 2.17. The molecule has 0 fully saturated rings. The second-order valence-corrected chi connectivity index (χ2v) is 5.74. The molecule has 0 N–H and O–H groups in total. The van der Waals surface area contributed by atoms with Crippen LogP contribution in [0.5, 0.6) is 23.1 Å². The van der Waals surface area contributed by atoms with Crippen molar-refractivity contribution in [3.8, 4) is 23.1 Å². The smallest absolute Gasteiger partial charge is 0.395 e. The van der Waals surface area contributed by atoms with Gasteiger partial charge in [-0.05, 0) is 30.3 Å². The van der Waals surface area contributed by atoms with Crippen molar-refractivity contribution < 1.29 is 38.4 Å². The standard InChI is InChI=1S/C19H11N3O10/c23-18(29-14-5-1-12(2-6-14)21(25)26)31-16-9-10-17(20-11-16)32-19(24)30-15-7-3-13(4-8-15)22(27)28/h1-11H. The average molecular weight is 441 g/mol. The molecule has 0 aliphatic heterocycles. The van der Waals surface area contributed by atoms with E-state index in [9.17, 15) is 29.8 Å². The van der Waals surface area contributed by atoms with Crippen molar-refractivity contribution in [2.45, 2.75) is 0 Å². The predicted molar refractivity (Wildman–Crippen MR) is 104 cm³/mol. The zero-order chi connectivity index (χ0) is 23.1. The molecule has 1 heterocycles. The first-order chi connectivity index (χ1) is 15.3. The Morgan fingerprint density at radius 2 is 1.03 bits per heavy atom. The average Bonchev–Trinajstić information content (AvgIpc) is 2.76. The summed E-state index contributed by atoms with van der Waals surface area (Å²) < 4.78 is 19.5. The molecule has 13 heteroatoms. The lowest BCUT2D eigenvalue weighted by Crippen LogP contribution is -2.15. The first-order valence-corrected chi connectivity index (χ1v) is 8.54. The van der Waals surface area contributed by atoms with Crippen LogP contribution < -0.4 is 18.9 Å². The van der Waals surface area contributed by atoms with Gasteiger partial charge in [-0.15, -0.1) is 0 Å². The number of rotatable bonds is 6. The SMILES string of the molecule is O=C(Oc1ccc([N+](=O)[O-])cc1)Oc1ccc(OC(=O)Oc2ccc([N+](=O)[O-])cc2)nc1. The van der Waals surface area contributed by atoms with Gasteiger partial charge in [-0.1, -0.05) is 0 Å². The number of pyridine rings is 1. The molecule has 0 aliphatic rings. The maximum atomic E-state index is 11.8. The lowest BCUT2D eigenvalue weighted by atomic mass is 10.3. The number of carbonyl (C=O) groups is 2. The summed E-state index contributed by atoms with van der Waals surface area (Å²) in [5.41, 5.74) is -0.340. The number of hydrogen-bond donors (Lipinski definition) is 0. The largest absolute Gasteiger partial charge is 0.520 e. The summed E-state index contributed by atoms with van der Waals surface area (Å²) in [5, 5.41) is 21.2. The van der Waals surface area contributed by atoms with E-state index in [4.69, 9.17) is 18.9 Å². The number of ether oxygens (including phenoxy) is 4. The predicted octanol–water partition coefficient (Wildman–Crippen LogP) is 4.05. The van der Waals surface area contributed by atoms with Gasteiger partial charge in [-0.25, -0.2) is 14.6 Å². The van der Waals surface area contributed by atoms with Crippen LogP contribution >= 0.6 is 0 Å². The molecule has 32 heavy (non-hydrogen) atoms. The fraction of sp³-hybridized carbons (Fsp3) is 0. The lowest BCUT2D eigenvalue weighted by molar-refractivity contribution is -0.385. The summed E-state index contributed by atoms with van der Waals surface area (Å²) >= 11 is 0. The van der Waals surface area contributed by atoms with Gasteiger partial charge >= 0.3 is 12.3 Å². The van der Waals surface area contributed by atoms with Gasteiger partial charge in [0, 0.05) is 30.3 Å². The molecule has 0 radical (unpaired) electrons. The molecule has 0 saturated heterocycles. The first kappa shape index (κ1) is 21.6. The summed E-state index contributed by atoms with van der Waals surface area (Å²) in [6.45, 7) is 0. The minimum Gasteiger partial charge on any atom is -0.395 e. The molecular weight excluding hydrogens is 430 g/mol. The Balaban J connectivity index is 1.50. The number of aromatic nitrogens is 1. The lowest BCUT2D eigenvalue weighted by Gasteiger charge is -2.07. The third-order valence-corrected chi connectivity index (χ3v) is 3.60. The van der Waals surface area contributed by atoms with E-state index in [0.717, 1.165) is 30.5 Å². The zero-order valence-electron chi connectivity index (χ0n) is 15.8. The molecule has 3 rings (SSSR count). The van der Waals surface area contributed by atoms with E-state index in [2.05, 4.69) is 4.98 Å². The number of nitro groups is 2. The van der Waals surface area contributed by atoms with Crippen molar-refractivity contribution >= 4 is 23.7 Å². The number of hydrogen-bond acceptors (Lipinski definition) is 11. The molecule has 2 aromatic carbocycles. The molecule has 3 aromatic rings. The summed E-state index contributed by atoms with van der Waals surface area (Å²) in [6.07, 6.45) is -1.18. The van der Waals surface area contributed by atoms with Crippen LogP contribution in [-0.4, -0.2) is 27.1 Å². The molecule has 0 atom stereocenters. The van der Waals surface area contributed by atoms with Gasteiger partial charge in [0.15, 0.2) is 5.75 Å². The Hall–Kier alpha value is -5.07. The van der Waals surface area contributed by atoms with Gasteiger partial charge in [0.05, 0.1) is 16.0 Å². The first-order valence-electron chi connectivity index (χ1n) is 8.54. The van der Waals surface area contributed by atoms with E-state index in [1.54, 1.807) is 0 Å². The number of carbonyl (C=O) groups excluding carboxylic acids is 2. The molecule has 13 nitrogen and oxygen atoms in total. The highest BCUT2D eigenvalue weighted by molar-refractivity contribution is 5.68. The van der Waals surface area contributed by atoms with E-state index in [1.807, 2.05) is 0 Å². The molecular formula is C19H11N3O10. The highest BCUT2D eigenvalue weighted by Crippen LogP contribution is 2.20. The van der Waals surface area contributed by atoms with Crippen LogP contribution in [0, 0.1) is 20.2 Å². The van der Waals surface area contributed by atoms with Crippen molar-refractivity contribution in [3.05, 3.63) is 87.1 Å². The molecule has 0 spiro atoms. The number of non-ortho nitro benzene ring substituents is 2. The fourth-order valence-electron chi connectivity index (χ4n) is 2.17. The Labute approximate surface area is 178 Å². The highest BCUT2D eigenvalue weighted by Gasteiger charge is 2.13. The molecule has 0 unspecified atom stereocenters. The van der Waals surface area contributed by atoms with E-state index >= 15 is 0 Å². The molecule has 0 bridgehead atoms. The van der Waals surface area contributed by atoms with E-state index < -0.39 is 22.2 Å². The van der Waals surface area contributed by atoms with E-state index in [-0.39, 0.29) is 34.5 Å². The Morgan fingerprint density at radius 1 is 0.625 bits per heavy atom. The van der Waals surface area contributed by atoms with Crippen LogP contribution in [0.25, 0.3) is 0 Å². The van der Waals surface area contributed by atoms with Gasteiger partial charge in [0.2, 0.25) is 5.88 Å². The van der Waals surface area contributed by atoms with Gasteiger partial charge < -0.3 is 18.9 Å². The van der Waals surface area contributed by atoms with Gasteiger partial charge in [-0.2, -0.15) is 0 Å². The summed E-state index contributed by atoms with van der Waals surface area (Å²) in [7, 11) is 0. The minimum absolute atomic E-state index is 0.0227. The van der Waals surface area contributed by atoms with Gasteiger partial charge in [-0.3, -0.25) is 20.2 Å². The quantitative estimate of drug-likeness (QED) is 0.234.